The van der Waals surface area contributed by atoms with Gasteiger partial charge in [-0.2, -0.15) is 18.3 Å². The van der Waals surface area contributed by atoms with Crippen molar-refractivity contribution in [2.24, 2.45) is 0 Å². The van der Waals surface area contributed by atoms with Crippen molar-refractivity contribution in [3.05, 3.63) is 90.0 Å². The largest absolute Gasteiger partial charge is 0.416 e. The molecule has 0 radical (unpaired) electrons. The number of sulfonamides is 1. The molecule has 0 amide bonds. The molecule has 2 aromatic heterocycles. The summed E-state index contributed by atoms with van der Waals surface area (Å²) in [5.74, 6) is 0. The number of alkyl halides is 3. The topological polar surface area (TPSA) is 59.0 Å². The predicted octanol–water partition coefficient (Wildman–Crippen LogP) is 5.40. The molecule has 0 aliphatic rings. The minimum absolute atomic E-state index is 0.0312. The van der Waals surface area contributed by atoms with Crippen LogP contribution in [0.1, 0.15) is 5.56 Å². The van der Waals surface area contributed by atoms with Gasteiger partial charge in [-0.3, -0.25) is 4.31 Å². The van der Waals surface area contributed by atoms with E-state index >= 15 is 0 Å². The van der Waals surface area contributed by atoms with Crippen molar-refractivity contribution in [3.63, 3.8) is 0 Å². The van der Waals surface area contributed by atoms with Gasteiger partial charge in [-0.05, 0) is 29.8 Å². The van der Waals surface area contributed by atoms with E-state index in [0.717, 1.165) is 16.4 Å². The summed E-state index contributed by atoms with van der Waals surface area (Å²) in [6.07, 6.45) is -1.34. The van der Waals surface area contributed by atoms with Crippen LogP contribution in [0.4, 0.5) is 24.5 Å². The van der Waals surface area contributed by atoms with Crippen LogP contribution in [0.15, 0.2) is 78.0 Å². The second-order valence-corrected chi connectivity index (χ2v) is 8.90. The van der Waals surface area contributed by atoms with E-state index in [0.29, 0.717) is 28.0 Å². The van der Waals surface area contributed by atoms with E-state index in [9.17, 15) is 21.6 Å². The third kappa shape index (κ3) is 3.78. The van der Waals surface area contributed by atoms with Crippen molar-refractivity contribution in [2.75, 3.05) is 11.4 Å². The van der Waals surface area contributed by atoms with Gasteiger partial charge in [0.05, 0.1) is 34.4 Å². The molecule has 0 aliphatic carbocycles. The molecule has 6 nitrogen and oxygen atoms in total. The first kappa shape index (κ1) is 21.4. The molecule has 0 fully saturated rings. The molecule has 32 heavy (non-hydrogen) atoms. The van der Waals surface area contributed by atoms with Gasteiger partial charge in [0.25, 0.3) is 10.0 Å². The SMILES string of the molecule is [C-]#[N+]c1ccc(S(=O)(=O)N(C)c2ccn3ncc(-c4ccc(C(F)(F)F)cc4)c3c2)cc1. The molecule has 4 aromatic rings. The molecule has 4 rings (SSSR count). The lowest BCUT2D eigenvalue weighted by atomic mass is 10.0. The molecule has 0 unspecified atom stereocenters. The zero-order chi connectivity index (χ0) is 23.1. The second-order valence-electron chi connectivity index (χ2n) is 6.93. The Morgan fingerprint density at radius 2 is 1.69 bits per heavy atom. The van der Waals surface area contributed by atoms with Gasteiger partial charge in [-0.25, -0.2) is 17.8 Å². The summed E-state index contributed by atoms with van der Waals surface area (Å²) in [6, 6.07) is 13.4. The smallest absolute Gasteiger partial charge is 0.269 e. The number of anilines is 1. The molecule has 0 N–H and O–H groups in total. The van der Waals surface area contributed by atoms with Gasteiger partial charge in [0.1, 0.15) is 0 Å². The Morgan fingerprint density at radius 3 is 2.28 bits per heavy atom. The van der Waals surface area contributed by atoms with Crippen molar-refractivity contribution >= 4 is 26.9 Å². The van der Waals surface area contributed by atoms with Gasteiger partial charge in [-0.1, -0.05) is 36.4 Å². The average molecular weight is 456 g/mol. The molecule has 0 bridgehead atoms. The maximum Gasteiger partial charge on any atom is 0.416 e. The van der Waals surface area contributed by atoms with E-state index in [4.69, 9.17) is 6.57 Å². The van der Waals surface area contributed by atoms with E-state index in [1.165, 1.54) is 54.2 Å². The third-order valence-corrected chi connectivity index (χ3v) is 6.82. The minimum Gasteiger partial charge on any atom is -0.269 e. The maximum atomic E-state index is 13.0. The Kier molecular flexibility index (Phi) is 5.14. The van der Waals surface area contributed by atoms with Gasteiger partial charge in [0.2, 0.25) is 0 Å². The van der Waals surface area contributed by atoms with Gasteiger partial charge in [-0.15, -0.1) is 0 Å². The molecule has 162 valence electrons. The van der Waals surface area contributed by atoms with Crippen molar-refractivity contribution in [1.29, 1.82) is 0 Å². The maximum absolute atomic E-state index is 13.0. The summed E-state index contributed by atoms with van der Waals surface area (Å²) in [5.41, 5.74) is 1.54. The average Bonchev–Trinajstić information content (AvgIpc) is 3.21. The van der Waals surface area contributed by atoms with Crippen LogP contribution < -0.4 is 4.31 Å². The van der Waals surface area contributed by atoms with E-state index in [1.807, 2.05) is 0 Å². The number of rotatable bonds is 4. The van der Waals surface area contributed by atoms with Crippen LogP contribution in [-0.4, -0.2) is 25.1 Å². The van der Waals surface area contributed by atoms with Crippen LogP contribution in [0.5, 0.6) is 0 Å². The number of hydrogen-bond acceptors (Lipinski definition) is 3. The fraction of sp³-hybridized carbons (Fsp3) is 0.0909. The van der Waals surface area contributed by atoms with Crippen molar-refractivity contribution in [1.82, 2.24) is 9.61 Å². The predicted molar refractivity (Wildman–Crippen MR) is 114 cm³/mol. The van der Waals surface area contributed by atoms with Crippen molar-refractivity contribution in [3.8, 4) is 11.1 Å². The highest BCUT2D eigenvalue weighted by Gasteiger charge is 2.30. The molecule has 2 aromatic carbocycles. The monoisotopic (exact) mass is 456 g/mol. The minimum atomic E-state index is -4.43. The first-order valence-corrected chi connectivity index (χ1v) is 10.7. The van der Waals surface area contributed by atoms with Crippen LogP contribution in [0.25, 0.3) is 21.5 Å². The number of hydrogen-bond donors (Lipinski definition) is 0. The Balaban J connectivity index is 1.73. The molecule has 0 aliphatic heterocycles. The van der Waals surface area contributed by atoms with E-state index in [-0.39, 0.29) is 4.90 Å². The normalized spacial score (nSPS) is 12.0. The lowest BCUT2D eigenvalue weighted by Gasteiger charge is -2.20. The fourth-order valence-corrected chi connectivity index (χ4v) is 4.40. The number of fused-ring (bicyclic) bond motifs is 1. The number of pyridine rings is 1. The van der Waals surface area contributed by atoms with E-state index < -0.39 is 21.8 Å². The summed E-state index contributed by atoms with van der Waals surface area (Å²) < 4.78 is 67.2. The van der Waals surface area contributed by atoms with Crippen LogP contribution >= 0.6 is 0 Å². The van der Waals surface area contributed by atoms with Gasteiger partial charge in [0, 0.05) is 18.8 Å². The number of benzene rings is 2. The van der Waals surface area contributed by atoms with Crippen molar-refractivity contribution < 1.29 is 21.6 Å². The van der Waals surface area contributed by atoms with E-state index in [2.05, 4.69) is 9.94 Å². The van der Waals surface area contributed by atoms with Gasteiger partial charge < -0.3 is 0 Å². The Hall–Kier alpha value is -3.84. The first-order valence-electron chi connectivity index (χ1n) is 9.23. The highest BCUT2D eigenvalue weighted by atomic mass is 32.2. The summed E-state index contributed by atoms with van der Waals surface area (Å²) in [5, 5.41) is 4.20. The molecule has 2 heterocycles. The van der Waals surface area contributed by atoms with Crippen LogP contribution in [0.2, 0.25) is 0 Å². The Morgan fingerprint density at radius 1 is 1.03 bits per heavy atom. The van der Waals surface area contributed by atoms with Gasteiger partial charge >= 0.3 is 6.18 Å². The lowest BCUT2D eigenvalue weighted by molar-refractivity contribution is -0.137. The zero-order valence-electron chi connectivity index (χ0n) is 16.6. The second kappa shape index (κ2) is 7.69. The molecular formula is C22H15F3N4O2S. The summed E-state index contributed by atoms with van der Waals surface area (Å²) in [4.78, 5) is 3.28. The molecular weight excluding hydrogens is 441 g/mol. The number of aromatic nitrogens is 2. The Labute approximate surface area is 182 Å². The van der Waals surface area contributed by atoms with Gasteiger partial charge in [0.15, 0.2) is 5.69 Å². The molecule has 0 saturated carbocycles. The summed E-state index contributed by atoms with van der Waals surface area (Å²) >= 11 is 0. The fourth-order valence-electron chi connectivity index (χ4n) is 3.22. The molecule has 10 heteroatoms. The molecule has 0 saturated heterocycles. The first-order chi connectivity index (χ1) is 15.1. The molecule has 0 atom stereocenters. The highest BCUT2D eigenvalue weighted by molar-refractivity contribution is 7.92. The van der Waals surface area contributed by atoms with Crippen LogP contribution in [-0.2, 0) is 16.2 Å². The standard InChI is InChI=1S/C22H15F3N4O2S/c1-26-17-7-9-19(10-8-17)32(30,31)28(2)18-11-12-29-21(13-18)20(14-27-29)15-3-5-16(6-4-15)22(23,24)25/h3-14H,2H3. The van der Waals surface area contributed by atoms with E-state index in [1.54, 1.807) is 18.3 Å². The Bertz CT molecular complexity index is 1440. The summed E-state index contributed by atoms with van der Waals surface area (Å²) in [6.45, 7) is 6.98. The van der Waals surface area contributed by atoms with Crippen LogP contribution in [0.3, 0.4) is 0 Å². The summed E-state index contributed by atoms with van der Waals surface area (Å²) in [7, 11) is -2.49. The highest BCUT2D eigenvalue weighted by Crippen LogP contribution is 2.33. The number of halogens is 3. The lowest BCUT2D eigenvalue weighted by Crippen LogP contribution is -2.26. The quantitative estimate of drug-likeness (QED) is 0.387. The van der Waals surface area contributed by atoms with Crippen LogP contribution in [0, 0.1) is 6.57 Å². The van der Waals surface area contributed by atoms with Crippen molar-refractivity contribution in [2.45, 2.75) is 11.1 Å². The zero-order valence-corrected chi connectivity index (χ0v) is 17.4. The number of nitrogens with zero attached hydrogens (tertiary/aromatic N) is 4. The molecule has 0 spiro atoms. The third-order valence-electron chi connectivity index (χ3n) is 5.02.